The number of likely N-dealkylation sites (N-methyl/N-ethyl adjacent to an activating group) is 1. The summed E-state index contributed by atoms with van der Waals surface area (Å²) in [4.78, 5) is 38.8. The molecule has 0 spiro atoms. The maximum atomic E-state index is 13.0. The molecule has 1 saturated carbocycles. The van der Waals surface area contributed by atoms with Crippen LogP contribution < -0.4 is 4.74 Å². The molecule has 1 fully saturated rings. The van der Waals surface area contributed by atoms with Gasteiger partial charge in [-0.05, 0) is 98.2 Å². The van der Waals surface area contributed by atoms with E-state index in [4.69, 9.17) is 9.15 Å². The lowest BCUT2D eigenvalue weighted by Crippen LogP contribution is -2.45. The number of ketones is 1. The molecule has 1 heterocycles. The molecular formula is C35H45NO6. The van der Waals surface area contributed by atoms with Gasteiger partial charge < -0.3 is 19.2 Å². The summed E-state index contributed by atoms with van der Waals surface area (Å²) in [5.41, 5.74) is 3.73. The predicted molar refractivity (Wildman–Crippen MR) is 164 cm³/mol. The smallest absolute Gasteiger partial charge is 0.326 e. The molecule has 1 amide bonds. The second-order valence-corrected chi connectivity index (χ2v) is 12.8. The molecule has 1 aliphatic carbocycles. The highest BCUT2D eigenvalue weighted by Crippen LogP contribution is 2.36. The Labute approximate surface area is 249 Å². The monoisotopic (exact) mass is 575 g/mol. The summed E-state index contributed by atoms with van der Waals surface area (Å²) in [6.07, 6.45) is 5.13. The summed E-state index contributed by atoms with van der Waals surface area (Å²) in [5.74, 6) is -0.234. The van der Waals surface area contributed by atoms with Crippen LogP contribution in [-0.4, -0.2) is 46.9 Å². The van der Waals surface area contributed by atoms with E-state index in [-0.39, 0.29) is 29.0 Å². The van der Waals surface area contributed by atoms with Crippen molar-refractivity contribution < 1.29 is 28.6 Å². The van der Waals surface area contributed by atoms with E-state index in [1.165, 1.54) is 17.5 Å². The first-order valence-electron chi connectivity index (χ1n) is 15.2. The third kappa shape index (κ3) is 6.71. The van der Waals surface area contributed by atoms with Gasteiger partial charge in [0.05, 0.1) is 0 Å². The van der Waals surface area contributed by atoms with Crippen LogP contribution in [-0.2, 0) is 16.0 Å². The van der Waals surface area contributed by atoms with Crippen molar-refractivity contribution in [1.29, 1.82) is 0 Å². The Hall–Kier alpha value is -3.61. The van der Waals surface area contributed by atoms with Crippen molar-refractivity contribution in [3.05, 3.63) is 64.9 Å². The van der Waals surface area contributed by atoms with Gasteiger partial charge >= 0.3 is 5.97 Å². The number of carboxylic acids is 1. The molecule has 1 aromatic heterocycles. The van der Waals surface area contributed by atoms with Crippen LogP contribution in [0.1, 0.15) is 99.9 Å². The Bertz CT molecular complexity index is 1450. The summed E-state index contributed by atoms with van der Waals surface area (Å²) in [6.45, 7) is 11.8. The van der Waals surface area contributed by atoms with E-state index in [9.17, 15) is 19.5 Å². The lowest BCUT2D eigenvalue weighted by molar-refractivity contribution is -0.143. The first kappa shape index (κ1) is 31.3. The van der Waals surface area contributed by atoms with E-state index in [1.807, 2.05) is 45.0 Å². The van der Waals surface area contributed by atoms with E-state index < -0.39 is 17.9 Å². The molecule has 42 heavy (non-hydrogen) atoms. The summed E-state index contributed by atoms with van der Waals surface area (Å²) in [7, 11) is 1.50. The number of amides is 1. The molecule has 0 saturated heterocycles. The summed E-state index contributed by atoms with van der Waals surface area (Å²) in [5, 5.41) is 10.4. The summed E-state index contributed by atoms with van der Waals surface area (Å²) in [6, 6.07) is 13.1. The number of hydrogen-bond donors (Lipinski definition) is 1. The first-order valence-corrected chi connectivity index (χ1v) is 15.2. The zero-order valence-electron chi connectivity index (χ0n) is 26.0. The average molecular weight is 576 g/mol. The van der Waals surface area contributed by atoms with Crippen molar-refractivity contribution in [2.75, 3.05) is 7.05 Å². The first-order chi connectivity index (χ1) is 19.8. The van der Waals surface area contributed by atoms with Gasteiger partial charge in [0.15, 0.2) is 17.6 Å². The molecule has 3 aromatic rings. The molecule has 7 nitrogen and oxygen atoms in total. The van der Waals surface area contributed by atoms with Crippen LogP contribution in [0.25, 0.3) is 11.0 Å². The van der Waals surface area contributed by atoms with Crippen molar-refractivity contribution in [1.82, 2.24) is 4.90 Å². The molecule has 0 radical (unpaired) electrons. The minimum atomic E-state index is -1.04. The standard InChI is InChI=1S/C35H45NO6/c1-8-24(25-14-16-27(22(4)18-25)41-29-10-9-17-35(5,6)32(29)37)13-11-23-12-15-28-26(19-23)20-30(42-28)33(38)36(7)31(21(2)3)34(39)40/h12,14-16,18-21,24,29,31H,8-11,13,17H2,1-7H3,(H,39,40). The second-order valence-electron chi connectivity index (χ2n) is 12.8. The van der Waals surface area contributed by atoms with Crippen LogP contribution in [0.4, 0.5) is 0 Å². The second kappa shape index (κ2) is 12.7. The molecule has 0 bridgehead atoms. The Morgan fingerprint density at radius 1 is 1.14 bits per heavy atom. The van der Waals surface area contributed by atoms with Crippen molar-refractivity contribution in [2.24, 2.45) is 11.3 Å². The number of benzene rings is 2. The Balaban J connectivity index is 1.43. The van der Waals surface area contributed by atoms with Gasteiger partial charge in [0.25, 0.3) is 5.91 Å². The van der Waals surface area contributed by atoms with Crippen molar-refractivity contribution >= 4 is 28.6 Å². The van der Waals surface area contributed by atoms with Gasteiger partial charge in [-0.2, -0.15) is 0 Å². The van der Waals surface area contributed by atoms with Gasteiger partial charge in [0, 0.05) is 17.8 Å². The molecule has 2 aromatic carbocycles. The molecular weight excluding hydrogens is 530 g/mol. The fraction of sp³-hybridized carbons (Fsp3) is 0.514. The SMILES string of the molecule is CCC(CCc1ccc2oc(C(=O)N(C)C(C(=O)O)C(C)C)cc2c1)c1ccc(OC2CCCC(C)(C)C2=O)c(C)c1. The Morgan fingerprint density at radius 3 is 2.52 bits per heavy atom. The normalized spacial score (nSPS) is 18.2. The average Bonchev–Trinajstić information content (AvgIpc) is 3.35. The third-order valence-corrected chi connectivity index (χ3v) is 8.86. The number of aliphatic carboxylic acids is 1. The predicted octanol–water partition coefficient (Wildman–Crippen LogP) is 7.58. The Kier molecular flexibility index (Phi) is 9.49. The maximum Gasteiger partial charge on any atom is 0.326 e. The molecule has 1 aliphatic rings. The molecule has 7 heteroatoms. The van der Waals surface area contributed by atoms with Gasteiger partial charge in [-0.15, -0.1) is 0 Å². The molecule has 226 valence electrons. The zero-order chi connectivity index (χ0) is 30.8. The van der Waals surface area contributed by atoms with Gasteiger partial charge in [0.1, 0.15) is 17.4 Å². The van der Waals surface area contributed by atoms with E-state index in [0.29, 0.717) is 11.5 Å². The minimum Gasteiger partial charge on any atom is -0.482 e. The molecule has 0 aliphatic heterocycles. The van der Waals surface area contributed by atoms with Crippen LogP contribution in [0.15, 0.2) is 46.9 Å². The summed E-state index contributed by atoms with van der Waals surface area (Å²) >= 11 is 0. The molecule has 1 N–H and O–H groups in total. The topological polar surface area (TPSA) is 97.1 Å². The summed E-state index contributed by atoms with van der Waals surface area (Å²) < 4.78 is 12.0. The molecule has 4 rings (SSSR count). The van der Waals surface area contributed by atoms with Crippen molar-refractivity contribution in [2.45, 2.75) is 98.1 Å². The lowest BCUT2D eigenvalue weighted by Gasteiger charge is -2.33. The molecule has 3 atom stereocenters. The largest absolute Gasteiger partial charge is 0.482 e. The highest BCUT2D eigenvalue weighted by Gasteiger charge is 2.38. The quantitative estimate of drug-likeness (QED) is 0.253. The van der Waals surface area contributed by atoms with Gasteiger partial charge in [0.2, 0.25) is 0 Å². The number of fused-ring (bicyclic) bond motifs is 1. The van der Waals surface area contributed by atoms with Crippen LogP contribution in [0.3, 0.4) is 0 Å². The fourth-order valence-electron chi connectivity index (χ4n) is 6.24. The number of carbonyl (C=O) groups is 3. The number of furan rings is 1. The van der Waals surface area contributed by atoms with E-state index in [0.717, 1.165) is 60.8 Å². The highest BCUT2D eigenvalue weighted by atomic mass is 16.5. The van der Waals surface area contributed by atoms with E-state index in [2.05, 4.69) is 19.1 Å². The van der Waals surface area contributed by atoms with E-state index >= 15 is 0 Å². The number of ether oxygens (including phenoxy) is 1. The van der Waals surface area contributed by atoms with Crippen LogP contribution in [0, 0.1) is 18.3 Å². The Morgan fingerprint density at radius 2 is 1.88 bits per heavy atom. The van der Waals surface area contributed by atoms with Crippen molar-refractivity contribution in [3.63, 3.8) is 0 Å². The van der Waals surface area contributed by atoms with Crippen LogP contribution >= 0.6 is 0 Å². The fourth-order valence-corrected chi connectivity index (χ4v) is 6.24. The highest BCUT2D eigenvalue weighted by molar-refractivity contribution is 5.98. The van der Waals surface area contributed by atoms with Crippen LogP contribution in [0.2, 0.25) is 0 Å². The van der Waals surface area contributed by atoms with E-state index in [1.54, 1.807) is 19.9 Å². The van der Waals surface area contributed by atoms with Gasteiger partial charge in [-0.1, -0.05) is 52.8 Å². The van der Waals surface area contributed by atoms with Crippen molar-refractivity contribution in [3.8, 4) is 5.75 Å². The minimum absolute atomic E-state index is 0.138. The number of rotatable bonds is 11. The van der Waals surface area contributed by atoms with Crippen LogP contribution in [0.5, 0.6) is 5.75 Å². The number of nitrogens with zero attached hydrogens (tertiary/aromatic N) is 1. The van der Waals surface area contributed by atoms with Gasteiger partial charge in [-0.25, -0.2) is 4.79 Å². The van der Waals surface area contributed by atoms with Gasteiger partial charge in [-0.3, -0.25) is 9.59 Å². The number of hydrogen-bond acceptors (Lipinski definition) is 5. The number of aryl methyl sites for hydroxylation is 2. The maximum absolute atomic E-state index is 13.0. The zero-order valence-corrected chi connectivity index (χ0v) is 26.0. The number of carboxylic acid groups (broad SMARTS) is 1. The third-order valence-electron chi connectivity index (χ3n) is 8.86. The number of Topliss-reactive ketones (excluding diaryl/α,β-unsaturated/α-hetero) is 1. The molecule has 3 unspecified atom stereocenters. The lowest BCUT2D eigenvalue weighted by atomic mass is 9.75. The number of carbonyl (C=O) groups excluding carboxylic acids is 2.